The molecule has 0 aromatic heterocycles. The summed E-state index contributed by atoms with van der Waals surface area (Å²) in [6.07, 6.45) is 3.08. The second-order valence-electron chi connectivity index (χ2n) is 4.90. The van der Waals surface area contributed by atoms with E-state index in [0.29, 0.717) is 5.05 Å². The van der Waals surface area contributed by atoms with Gasteiger partial charge in [0.15, 0.2) is 5.05 Å². The lowest BCUT2D eigenvalue weighted by Gasteiger charge is -2.24. The van der Waals surface area contributed by atoms with Crippen LogP contribution < -0.4 is 0 Å². The summed E-state index contributed by atoms with van der Waals surface area (Å²) in [5.74, 6) is 0. The van der Waals surface area contributed by atoms with Crippen molar-refractivity contribution >= 4 is 17.3 Å². The Labute approximate surface area is 104 Å². The quantitative estimate of drug-likeness (QED) is 0.714. The summed E-state index contributed by atoms with van der Waals surface area (Å²) in [6.45, 7) is 4.47. The average Bonchev–Trinajstić information content (AvgIpc) is 2.27. The fraction of sp³-hybridized carbons (Fsp3) is 0.500. The molecule has 0 aliphatic carbocycles. The lowest BCUT2D eigenvalue weighted by molar-refractivity contribution is 0.312. The summed E-state index contributed by atoms with van der Waals surface area (Å²) >= 11 is 5.11. The molecule has 1 aromatic rings. The minimum atomic E-state index is 0.211. The molecule has 1 aromatic carbocycles. The van der Waals surface area contributed by atoms with E-state index >= 15 is 0 Å². The highest BCUT2D eigenvalue weighted by Crippen LogP contribution is 2.27. The summed E-state index contributed by atoms with van der Waals surface area (Å²) in [5, 5.41) is 0.707. The Morgan fingerprint density at radius 1 is 1.25 bits per heavy atom. The molecule has 0 unspecified atom stereocenters. The molecule has 0 amide bonds. The van der Waals surface area contributed by atoms with Crippen LogP contribution in [-0.4, -0.2) is 12.2 Å². The van der Waals surface area contributed by atoms with Crippen molar-refractivity contribution in [1.82, 2.24) is 0 Å². The first-order valence-electron chi connectivity index (χ1n) is 5.64. The third-order valence-electron chi connectivity index (χ3n) is 2.78. The second-order valence-corrected chi connectivity index (χ2v) is 5.36. The molecule has 2 heteroatoms. The minimum absolute atomic E-state index is 0.211. The van der Waals surface area contributed by atoms with Crippen molar-refractivity contribution in [3.8, 4) is 0 Å². The van der Waals surface area contributed by atoms with Gasteiger partial charge in [0.05, 0.1) is 7.11 Å². The van der Waals surface area contributed by atoms with Gasteiger partial charge in [0.25, 0.3) is 0 Å². The summed E-state index contributed by atoms with van der Waals surface area (Å²) in [6, 6.07) is 10.6. The number of hydrogen-bond acceptors (Lipinski definition) is 2. The molecule has 1 nitrogen and oxygen atoms in total. The van der Waals surface area contributed by atoms with Gasteiger partial charge < -0.3 is 4.74 Å². The number of thiocarbonyl (C=S) groups is 1. The highest BCUT2D eigenvalue weighted by molar-refractivity contribution is 7.80. The fourth-order valence-corrected chi connectivity index (χ4v) is 2.07. The lowest BCUT2D eigenvalue weighted by Crippen LogP contribution is -2.17. The van der Waals surface area contributed by atoms with E-state index in [-0.39, 0.29) is 5.41 Å². The Morgan fingerprint density at radius 2 is 1.88 bits per heavy atom. The fourth-order valence-electron chi connectivity index (χ4n) is 1.68. The zero-order valence-corrected chi connectivity index (χ0v) is 11.1. The molecule has 0 saturated carbocycles. The molecule has 88 valence electrons. The summed E-state index contributed by atoms with van der Waals surface area (Å²) in [5.41, 5.74) is 1.60. The number of ether oxygens (including phenoxy) is 1. The molecule has 16 heavy (non-hydrogen) atoms. The normalized spacial score (nSPS) is 11.2. The van der Waals surface area contributed by atoms with Crippen molar-refractivity contribution in [1.29, 1.82) is 0 Å². The van der Waals surface area contributed by atoms with Gasteiger partial charge in [0, 0.05) is 6.42 Å². The molecule has 1 rings (SSSR count). The van der Waals surface area contributed by atoms with Gasteiger partial charge in [-0.05, 0) is 36.0 Å². The maximum atomic E-state index is 5.11. The molecular weight excluding hydrogens is 216 g/mol. The van der Waals surface area contributed by atoms with Gasteiger partial charge in [-0.15, -0.1) is 0 Å². The highest BCUT2D eigenvalue weighted by Gasteiger charge is 2.20. The number of hydrogen-bond donors (Lipinski definition) is 0. The molecule has 0 radical (unpaired) electrons. The van der Waals surface area contributed by atoms with Gasteiger partial charge in [-0.3, -0.25) is 0 Å². The van der Waals surface area contributed by atoms with Crippen LogP contribution in [0.1, 0.15) is 32.3 Å². The number of rotatable bonds is 5. The standard InChI is InChI=1S/C14H20OS/c1-14(2,11-13(16)15-3)10-9-12-7-5-4-6-8-12/h4-8H,9-11H2,1-3H3. The van der Waals surface area contributed by atoms with Crippen molar-refractivity contribution in [2.24, 2.45) is 5.41 Å². The van der Waals surface area contributed by atoms with Crippen molar-refractivity contribution in [2.75, 3.05) is 7.11 Å². The Balaban J connectivity index is 2.44. The molecule has 0 N–H and O–H groups in total. The minimum Gasteiger partial charge on any atom is -0.490 e. The third kappa shape index (κ3) is 4.75. The zero-order chi connectivity index (χ0) is 12.0. The van der Waals surface area contributed by atoms with Gasteiger partial charge in [0.1, 0.15) is 0 Å². The van der Waals surface area contributed by atoms with Crippen LogP contribution >= 0.6 is 12.2 Å². The van der Waals surface area contributed by atoms with Gasteiger partial charge in [-0.2, -0.15) is 0 Å². The van der Waals surface area contributed by atoms with Crippen LogP contribution in [-0.2, 0) is 11.2 Å². The van der Waals surface area contributed by atoms with E-state index in [0.717, 1.165) is 19.3 Å². The smallest absolute Gasteiger partial charge is 0.159 e. The largest absolute Gasteiger partial charge is 0.490 e. The highest BCUT2D eigenvalue weighted by atomic mass is 32.1. The first-order chi connectivity index (χ1) is 7.53. The van der Waals surface area contributed by atoms with Crippen LogP contribution in [0.25, 0.3) is 0 Å². The number of methoxy groups -OCH3 is 1. The second kappa shape index (κ2) is 6.00. The molecule has 0 spiro atoms. The Bertz CT molecular complexity index is 330. The Morgan fingerprint density at radius 3 is 2.44 bits per heavy atom. The topological polar surface area (TPSA) is 9.23 Å². The van der Waals surface area contributed by atoms with Crippen molar-refractivity contribution in [3.05, 3.63) is 35.9 Å². The van der Waals surface area contributed by atoms with E-state index in [4.69, 9.17) is 17.0 Å². The zero-order valence-electron chi connectivity index (χ0n) is 10.3. The number of benzene rings is 1. The molecular formula is C14H20OS. The summed E-state index contributed by atoms with van der Waals surface area (Å²) in [7, 11) is 1.65. The maximum Gasteiger partial charge on any atom is 0.159 e. The van der Waals surface area contributed by atoms with E-state index < -0.39 is 0 Å². The van der Waals surface area contributed by atoms with Crippen molar-refractivity contribution in [3.63, 3.8) is 0 Å². The van der Waals surface area contributed by atoms with Crippen LogP contribution in [0.3, 0.4) is 0 Å². The van der Waals surface area contributed by atoms with E-state index in [1.165, 1.54) is 5.56 Å². The Kier molecular flexibility index (Phi) is 4.94. The van der Waals surface area contributed by atoms with E-state index in [1.807, 2.05) is 0 Å². The van der Waals surface area contributed by atoms with E-state index in [1.54, 1.807) is 7.11 Å². The first kappa shape index (κ1) is 13.2. The van der Waals surface area contributed by atoms with Crippen molar-refractivity contribution in [2.45, 2.75) is 33.1 Å². The molecule has 0 heterocycles. The van der Waals surface area contributed by atoms with Crippen LogP contribution in [0.2, 0.25) is 0 Å². The monoisotopic (exact) mass is 236 g/mol. The molecule has 0 aliphatic heterocycles. The maximum absolute atomic E-state index is 5.11. The molecule has 0 atom stereocenters. The predicted octanol–water partition coefficient (Wildman–Crippen LogP) is 4.01. The van der Waals surface area contributed by atoms with Gasteiger partial charge in [0.2, 0.25) is 0 Å². The van der Waals surface area contributed by atoms with E-state index in [2.05, 4.69) is 44.2 Å². The predicted molar refractivity (Wildman–Crippen MR) is 72.8 cm³/mol. The average molecular weight is 236 g/mol. The first-order valence-corrected chi connectivity index (χ1v) is 6.05. The van der Waals surface area contributed by atoms with Crippen LogP contribution in [0.15, 0.2) is 30.3 Å². The SMILES string of the molecule is COC(=S)CC(C)(C)CCc1ccccc1. The number of aryl methyl sites for hydroxylation is 1. The summed E-state index contributed by atoms with van der Waals surface area (Å²) < 4.78 is 5.07. The van der Waals surface area contributed by atoms with E-state index in [9.17, 15) is 0 Å². The summed E-state index contributed by atoms with van der Waals surface area (Å²) in [4.78, 5) is 0. The lowest BCUT2D eigenvalue weighted by atomic mass is 9.83. The molecule has 0 bridgehead atoms. The molecule has 0 saturated heterocycles. The van der Waals surface area contributed by atoms with Gasteiger partial charge in [-0.25, -0.2) is 0 Å². The van der Waals surface area contributed by atoms with Crippen molar-refractivity contribution < 1.29 is 4.74 Å². The molecule has 0 fully saturated rings. The van der Waals surface area contributed by atoms with Crippen LogP contribution in [0.5, 0.6) is 0 Å². The van der Waals surface area contributed by atoms with Gasteiger partial charge in [-0.1, -0.05) is 44.2 Å². The third-order valence-corrected chi connectivity index (χ3v) is 3.09. The van der Waals surface area contributed by atoms with Crippen LogP contribution in [0, 0.1) is 5.41 Å². The molecule has 0 aliphatic rings. The van der Waals surface area contributed by atoms with Crippen LogP contribution in [0.4, 0.5) is 0 Å². The van der Waals surface area contributed by atoms with Gasteiger partial charge >= 0.3 is 0 Å². The Hall–Kier alpha value is -0.890.